The molecule has 1 aromatic carbocycles. The van der Waals surface area contributed by atoms with E-state index in [4.69, 9.17) is 33.3 Å². The van der Waals surface area contributed by atoms with Gasteiger partial charge in [-0.05, 0) is 38.0 Å². The maximum Gasteiger partial charge on any atom is 0.259 e. The molecule has 0 aliphatic carbocycles. The van der Waals surface area contributed by atoms with Crippen LogP contribution in [-0.2, 0) is 13.1 Å². The molecule has 0 saturated carbocycles. The highest BCUT2D eigenvalue weighted by atomic mass is 35.5. The molecule has 6 nitrogen and oxygen atoms in total. The van der Waals surface area contributed by atoms with Crippen LogP contribution in [0.5, 0.6) is 0 Å². The van der Waals surface area contributed by atoms with Crippen LogP contribution in [0.4, 0.5) is 11.6 Å². The summed E-state index contributed by atoms with van der Waals surface area (Å²) in [6, 6.07) is 5.28. The first kappa shape index (κ1) is 19.2. The Hall–Kier alpha value is -1.60. The highest BCUT2D eigenvalue weighted by molar-refractivity contribution is 6.36. The fraction of sp³-hybridized carbons (Fsp3) is 0.444. The molecule has 26 heavy (non-hydrogen) atoms. The van der Waals surface area contributed by atoms with E-state index >= 15 is 0 Å². The Kier molecular flexibility index (Phi) is 5.87. The summed E-state index contributed by atoms with van der Waals surface area (Å²) >= 11 is 12.5. The van der Waals surface area contributed by atoms with E-state index < -0.39 is 0 Å². The highest BCUT2D eigenvalue weighted by Crippen LogP contribution is 2.34. The Balaban J connectivity index is 2.14. The summed E-state index contributed by atoms with van der Waals surface area (Å²) in [5.41, 5.74) is 2.18. The summed E-state index contributed by atoms with van der Waals surface area (Å²) in [6.45, 7) is 5.56. The molecule has 8 heteroatoms. The lowest BCUT2D eigenvalue weighted by molar-refractivity contribution is 0.175. The third-order valence-electron chi connectivity index (χ3n) is 4.56. The molecule has 3 rings (SSSR count). The molecule has 2 heterocycles. The standard InChI is InChI=1S/C18H22Cl2N4O2/c1-3-14-12(2)21-18-23(16-6-5-13(19)9-15(16)20)10-22(7-4-8-25)11-24(18)17(14)26/h5-6,9,25H,3-4,7-8,10-11H2,1-2H3. The number of rotatable bonds is 5. The van der Waals surface area contributed by atoms with E-state index in [-0.39, 0.29) is 12.2 Å². The Morgan fingerprint density at radius 2 is 2.04 bits per heavy atom. The zero-order valence-corrected chi connectivity index (χ0v) is 16.4. The first-order valence-corrected chi connectivity index (χ1v) is 9.38. The third kappa shape index (κ3) is 3.60. The van der Waals surface area contributed by atoms with Gasteiger partial charge in [-0.25, -0.2) is 4.98 Å². The number of halogens is 2. The molecule has 0 radical (unpaired) electrons. The van der Waals surface area contributed by atoms with Gasteiger partial charge in [0.2, 0.25) is 5.95 Å². The van der Waals surface area contributed by atoms with Crippen molar-refractivity contribution in [2.24, 2.45) is 0 Å². The lowest BCUT2D eigenvalue weighted by atomic mass is 10.2. The summed E-state index contributed by atoms with van der Waals surface area (Å²) < 4.78 is 1.68. The van der Waals surface area contributed by atoms with Crippen LogP contribution < -0.4 is 10.5 Å². The number of benzene rings is 1. The second-order valence-electron chi connectivity index (χ2n) is 6.34. The molecule has 1 aliphatic rings. The van der Waals surface area contributed by atoms with Crippen molar-refractivity contribution in [2.45, 2.75) is 33.4 Å². The largest absolute Gasteiger partial charge is 0.396 e. The van der Waals surface area contributed by atoms with Gasteiger partial charge in [-0.2, -0.15) is 0 Å². The normalized spacial score (nSPS) is 14.6. The van der Waals surface area contributed by atoms with Crippen molar-refractivity contribution in [1.82, 2.24) is 14.5 Å². The first-order valence-electron chi connectivity index (χ1n) is 8.62. The number of fused-ring (bicyclic) bond motifs is 1. The number of hydrogen-bond acceptors (Lipinski definition) is 5. The van der Waals surface area contributed by atoms with Crippen molar-refractivity contribution in [3.05, 3.63) is 49.9 Å². The van der Waals surface area contributed by atoms with Crippen LogP contribution in [0.2, 0.25) is 10.0 Å². The second-order valence-corrected chi connectivity index (χ2v) is 7.18. The minimum atomic E-state index is -0.0289. The number of anilines is 2. The fourth-order valence-electron chi connectivity index (χ4n) is 3.25. The molecule has 0 amide bonds. The van der Waals surface area contributed by atoms with E-state index in [9.17, 15) is 4.79 Å². The average Bonchev–Trinajstić information content (AvgIpc) is 2.60. The van der Waals surface area contributed by atoms with Gasteiger partial charge in [-0.1, -0.05) is 30.1 Å². The summed E-state index contributed by atoms with van der Waals surface area (Å²) in [7, 11) is 0. The van der Waals surface area contributed by atoms with Gasteiger partial charge in [0.25, 0.3) is 5.56 Å². The van der Waals surface area contributed by atoms with Gasteiger partial charge < -0.3 is 5.11 Å². The Labute approximate surface area is 162 Å². The lowest BCUT2D eigenvalue weighted by Gasteiger charge is -2.38. The van der Waals surface area contributed by atoms with Gasteiger partial charge in [0.15, 0.2) is 0 Å². The molecule has 0 spiro atoms. The van der Waals surface area contributed by atoms with Crippen molar-refractivity contribution in [2.75, 3.05) is 24.7 Å². The summed E-state index contributed by atoms with van der Waals surface area (Å²) in [5.74, 6) is 0.578. The predicted molar refractivity (Wildman–Crippen MR) is 104 cm³/mol. The Morgan fingerprint density at radius 1 is 1.27 bits per heavy atom. The third-order valence-corrected chi connectivity index (χ3v) is 5.10. The van der Waals surface area contributed by atoms with Crippen molar-refractivity contribution in [3.8, 4) is 0 Å². The maximum absolute atomic E-state index is 13.0. The van der Waals surface area contributed by atoms with Crippen LogP contribution in [0.1, 0.15) is 24.6 Å². The zero-order valence-electron chi connectivity index (χ0n) is 14.9. The van der Waals surface area contributed by atoms with Crippen molar-refractivity contribution in [3.63, 3.8) is 0 Å². The summed E-state index contributed by atoms with van der Waals surface area (Å²) in [4.78, 5) is 21.7. The van der Waals surface area contributed by atoms with Crippen LogP contribution in [0.15, 0.2) is 23.0 Å². The predicted octanol–water partition coefficient (Wildman–Crippen LogP) is 3.17. The lowest BCUT2D eigenvalue weighted by Crippen LogP contribution is -2.48. The van der Waals surface area contributed by atoms with Gasteiger partial charge in [0, 0.05) is 29.4 Å². The molecule has 140 valence electrons. The van der Waals surface area contributed by atoms with E-state index in [2.05, 4.69) is 4.90 Å². The average molecular weight is 397 g/mol. The molecule has 0 atom stereocenters. The van der Waals surface area contributed by atoms with Gasteiger partial charge in [-0.15, -0.1) is 0 Å². The zero-order chi connectivity index (χ0) is 18.8. The van der Waals surface area contributed by atoms with Crippen LogP contribution in [0.25, 0.3) is 0 Å². The van der Waals surface area contributed by atoms with Crippen LogP contribution in [0, 0.1) is 6.92 Å². The number of hydrogen-bond donors (Lipinski definition) is 1. The number of aromatic nitrogens is 2. The molecule has 0 unspecified atom stereocenters. The van der Waals surface area contributed by atoms with Gasteiger partial charge in [0.05, 0.1) is 24.0 Å². The minimum Gasteiger partial charge on any atom is -0.396 e. The van der Waals surface area contributed by atoms with Crippen LogP contribution >= 0.6 is 23.2 Å². The topological polar surface area (TPSA) is 61.6 Å². The molecule has 0 bridgehead atoms. The summed E-state index contributed by atoms with van der Waals surface area (Å²) in [6.07, 6.45) is 1.27. The van der Waals surface area contributed by atoms with E-state index in [0.717, 1.165) is 16.9 Å². The Morgan fingerprint density at radius 3 is 2.69 bits per heavy atom. The van der Waals surface area contributed by atoms with E-state index in [1.54, 1.807) is 16.7 Å². The van der Waals surface area contributed by atoms with Gasteiger partial charge >= 0.3 is 0 Å². The van der Waals surface area contributed by atoms with Gasteiger partial charge in [-0.3, -0.25) is 19.2 Å². The highest BCUT2D eigenvalue weighted by Gasteiger charge is 2.28. The van der Waals surface area contributed by atoms with E-state index in [0.29, 0.717) is 48.7 Å². The monoisotopic (exact) mass is 396 g/mol. The molecule has 1 aromatic heterocycles. The number of aliphatic hydroxyl groups is 1. The Bertz CT molecular complexity index is 869. The first-order chi connectivity index (χ1) is 12.5. The molecule has 1 aliphatic heterocycles. The molecular formula is C18H22Cl2N4O2. The van der Waals surface area contributed by atoms with Crippen molar-refractivity contribution < 1.29 is 5.11 Å². The number of nitrogens with zero attached hydrogens (tertiary/aromatic N) is 4. The number of aliphatic hydroxyl groups excluding tert-OH is 1. The van der Waals surface area contributed by atoms with Crippen molar-refractivity contribution in [1.29, 1.82) is 0 Å². The van der Waals surface area contributed by atoms with Crippen molar-refractivity contribution >= 4 is 34.8 Å². The van der Waals surface area contributed by atoms with Crippen LogP contribution in [0.3, 0.4) is 0 Å². The molecule has 0 saturated heterocycles. The molecular weight excluding hydrogens is 375 g/mol. The SMILES string of the molecule is CCc1c(C)nc2n(c1=O)CN(CCCO)CN2c1ccc(Cl)cc1Cl. The van der Waals surface area contributed by atoms with Crippen LogP contribution in [-0.4, -0.2) is 39.4 Å². The minimum absolute atomic E-state index is 0.0289. The van der Waals surface area contributed by atoms with E-state index in [1.165, 1.54) is 0 Å². The molecule has 0 fully saturated rings. The van der Waals surface area contributed by atoms with E-state index in [1.807, 2.05) is 24.8 Å². The smallest absolute Gasteiger partial charge is 0.259 e. The quantitative estimate of drug-likeness (QED) is 0.840. The summed E-state index contributed by atoms with van der Waals surface area (Å²) in [5, 5.41) is 10.2. The maximum atomic E-state index is 13.0. The molecule has 2 aromatic rings. The number of aryl methyl sites for hydroxylation is 1. The van der Waals surface area contributed by atoms with Gasteiger partial charge in [0.1, 0.15) is 0 Å². The molecule has 1 N–H and O–H groups in total. The second kappa shape index (κ2) is 7.96. The fourth-order valence-corrected chi connectivity index (χ4v) is 3.77.